The van der Waals surface area contributed by atoms with E-state index in [0.29, 0.717) is 21.4 Å². The zero-order valence-electron chi connectivity index (χ0n) is 12.3. The van der Waals surface area contributed by atoms with Crippen molar-refractivity contribution in [2.75, 3.05) is 0 Å². The van der Waals surface area contributed by atoms with Crippen LogP contribution in [0.15, 0.2) is 59.8 Å². The maximum atomic E-state index is 8.81. The highest BCUT2D eigenvalue weighted by Crippen LogP contribution is 2.17. The van der Waals surface area contributed by atoms with Gasteiger partial charge in [0.2, 0.25) is 0 Å². The Hall–Kier alpha value is -2.57. The van der Waals surface area contributed by atoms with Gasteiger partial charge >= 0.3 is 0 Å². The SMILES string of the molecule is OCc1cn(-c2cccc(Cl)c2)nn1.[N-]=[N+]=Nc1cccc(Cl)c1. The Labute approximate surface area is 147 Å². The molecule has 0 amide bonds. The van der Waals surface area contributed by atoms with Gasteiger partial charge in [-0.3, -0.25) is 0 Å². The molecule has 0 aliphatic carbocycles. The quantitative estimate of drug-likeness (QED) is 0.415. The highest BCUT2D eigenvalue weighted by atomic mass is 35.5. The molecule has 1 aromatic heterocycles. The van der Waals surface area contributed by atoms with Crippen LogP contribution in [0.1, 0.15) is 5.69 Å². The van der Waals surface area contributed by atoms with Crippen molar-refractivity contribution in [1.82, 2.24) is 15.0 Å². The van der Waals surface area contributed by atoms with E-state index in [1.807, 2.05) is 12.1 Å². The molecule has 0 unspecified atom stereocenters. The average Bonchev–Trinajstić information content (AvgIpc) is 3.05. The van der Waals surface area contributed by atoms with E-state index < -0.39 is 0 Å². The Balaban J connectivity index is 0.000000185. The summed E-state index contributed by atoms with van der Waals surface area (Å²) in [6, 6.07) is 14.0. The molecule has 0 spiro atoms. The summed E-state index contributed by atoms with van der Waals surface area (Å²) in [5.74, 6) is 0. The average molecular weight is 363 g/mol. The first-order valence-corrected chi connectivity index (χ1v) is 7.46. The molecule has 0 fully saturated rings. The fourth-order valence-corrected chi connectivity index (χ4v) is 2.07. The van der Waals surface area contributed by atoms with Crippen LogP contribution in [0.3, 0.4) is 0 Å². The van der Waals surface area contributed by atoms with Crippen molar-refractivity contribution in [3.63, 3.8) is 0 Å². The van der Waals surface area contributed by atoms with E-state index in [2.05, 4.69) is 20.3 Å². The molecule has 0 bridgehead atoms. The summed E-state index contributed by atoms with van der Waals surface area (Å²) in [4.78, 5) is 2.61. The molecule has 0 radical (unpaired) electrons. The molecule has 0 aliphatic heterocycles. The van der Waals surface area contributed by atoms with Crippen LogP contribution in [0.5, 0.6) is 0 Å². The van der Waals surface area contributed by atoms with Crippen molar-refractivity contribution in [3.05, 3.63) is 80.9 Å². The molecule has 24 heavy (non-hydrogen) atoms. The summed E-state index contributed by atoms with van der Waals surface area (Å²) in [7, 11) is 0. The maximum absolute atomic E-state index is 8.81. The van der Waals surface area contributed by atoms with Crippen molar-refractivity contribution < 1.29 is 5.11 Å². The summed E-state index contributed by atoms with van der Waals surface area (Å²) < 4.78 is 1.57. The molecular weight excluding hydrogens is 351 g/mol. The third-order valence-electron chi connectivity index (χ3n) is 2.74. The van der Waals surface area contributed by atoms with Crippen molar-refractivity contribution in [1.29, 1.82) is 0 Å². The van der Waals surface area contributed by atoms with Crippen LogP contribution < -0.4 is 0 Å². The number of aliphatic hydroxyl groups excluding tert-OH is 1. The van der Waals surface area contributed by atoms with Crippen LogP contribution in [-0.4, -0.2) is 20.1 Å². The maximum Gasteiger partial charge on any atom is 0.109 e. The highest BCUT2D eigenvalue weighted by molar-refractivity contribution is 6.31. The van der Waals surface area contributed by atoms with E-state index >= 15 is 0 Å². The summed E-state index contributed by atoms with van der Waals surface area (Å²) in [6.45, 7) is -0.111. The van der Waals surface area contributed by atoms with E-state index in [-0.39, 0.29) is 6.61 Å². The fraction of sp³-hybridized carbons (Fsp3) is 0.0667. The predicted molar refractivity (Wildman–Crippen MR) is 92.5 cm³/mol. The second-order valence-electron chi connectivity index (χ2n) is 4.46. The summed E-state index contributed by atoms with van der Waals surface area (Å²) >= 11 is 11.4. The molecule has 2 aromatic carbocycles. The minimum absolute atomic E-state index is 0.111. The molecule has 9 heteroatoms. The Bertz CT molecular complexity index is 860. The van der Waals surface area contributed by atoms with Crippen molar-refractivity contribution >= 4 is 28.9 Å². The van der Waals surface area contributed by atoms with Crippen LogP contribution in [0.25, 0.3) is 16.1 Å². The van der Waals surface area contributed by atoms with Gasteiger partial charge in [0.25, 0.3) is 0 Å². The van der Waals surface area contributed by atoms with E-state index in [9.17, 15) is 0 Å². The number of benzene rings is 2. The van der Waals surface area contributed by atoms with Crippen LogP contribution in [-0.2, 0) is 6.61 Å². The van der Waals surface area contributed by atoms with Gasteiger partial charge in [-0.15, -0.1) is 5.10 Å². The molecule has 1 N–H and O–H groups in total. The minimum Gasteiger partial charge on any atom is -0.390 e. The van der Waals surface area contributed by atoms with Gasteiger partial charge in [-0.1, -0.05) is 51.7 Å². The first-order valence-electron chi connectivity index (χ1n) is 6.71. The molecule has 0 aliphatic rings. The second kappa shape index (κ2) is 8.90. The minimum atomic E-state index is -0.111. The van der Waals surface area contributed by atoms with Crippen LogP contribution in [0.4, 0.5) is 5.69 Å². The van der Waals surface area contributed by atoms with Crippen molar-refractivity contribution in [2.45, 2.75) is 6.61 Å². The lowest BCUT2D eigenvalue weighted by atomic mass is 10.3. The van der Waals surface area contributed by atoms with Crippen LogP contribution in [0.2, 0.25) is 10.0 Å². The van der Waals surface area contributed by atoms with Gasteiger partial charge in [0.05, 0.1) is 18.5 Å². The first kappa shape index (κ1) is 17.8. The van der Waals surface area contributed by atoms with Gasteiger partial charge in [-0.2, -0.15) is 0 Å². The Morgan fingerprint density at radius 3 is 2.42 bits per heavy atom. The number of azide groups is 1. The fourth-order valence-electron chi connectivity index (χ4n) is 1.71. The Kier molecular flexibility index (Phi) is 6.60. The molecular formula is C15H12Cl2N6O. The number of hydrogen-bond donors (Lipinski definition) is 1. The van der Waals surface area contributed by atoms with E-state index in [0.717, 1.165) is 5.69 Å². The molecule has 3 aromatic rings. The van der Waals surface area contributed by atoms with Gasteiger partial charge < -0.3 is 5.11 Å². The second-order valence-corrected chi connectivity index (χ2v) is 5.33. The molecule has 0 saturated heterocycles. The Morgan fingerprint density at radius 2 is 1.83 bits per heavy atom. The smallest absolute Gasteiger partial charge is 0.109 e. The van der Waals surface area contributed by atoms with Crippen molar-refractivity contribution in [3.8, 4) is 5.69 Å². The number of halogens is 2. The zero-order valence-corrected chi connectivity index (χ0v) is 13.8. The van der Waals surface area contributed by atoms with E-state index in [1.54, 1.807) is 47.3 Å². The van der Waals surface area contributed by atoms with Gasteiger partial charge in [-0.25, -0.2) is 4.68 Å². The highest BCUT2D eigenvalue weighted by Gasteiger charge is 2.01. The van der Waals surface area contributed by atoms with Gasteiger partial charge in [0.1, 0.15) is 5.69 Å². The lowest BCUT2D eigenvalue weighted by molar-refractivity contribution is 0.276. The molecule has 7 nitrogen and oxygen atoms in total. The lowest BCUT2D eigenvalue weighted by Gasteiger charge is -1.98. The van der Waals surface area contributed by atoms with Gasteiger partial charge in [0.15, 0.2) is 0 Å². The lowest BCUT2D eigenvalue weighted by Crippen LogP contribution is -1.93. The van der Waals surface area contributed by atoms with Gasteiger partial charge in [-0.05, 0) is 35.9 Å². The topological polar surface area (TPSA) is 99.7 Å². The van der Waals surface area contributed by atoms with E-state index in [4.69, 9.17) is 33.8 Å². The van der Waals surface area contributed by atoms with Gasteiger partial charge in [0, 0.05) is 20.6 Å². The summed E-state index contributed by atoms with van der Waals surface area (Å²) in [5.41, 5.74) is 9.92. The van der Waals surface area contributed by atoms with Crippen LogP contribution in [0, 0.1) is 0 Å². The molecule has 0 atom stereocenters. The number of hydrogen-bond acceptors (Lipinski definition) is 4. The first-order chi connectivity index (χ1) is 11.6. The zero-order chi connectivity index (χ0) is 17.4. The molecule has 122 valence electrons. The monoisotopic (exact) mass is 362 g/mol. The molecule has 0 saturated carbocycles. The van der Waals surface area contributed by atoms with Crippen molar-refractivity contribution in [2.24, 2.45) is 5.11 Å². The largest absolute Gasteiger partial charge is 0.390 e. The number of nitrogens with zero attached hydrogens (tertiary/aromatic N) is 6. The predicted octanol–water partition coefficient (Wildman–Crippen LogP) is 4.69. The summed E-state index contributed by atoms with van der Waals surface area (Å²) in [6.07, 6.45) is 1.66. The number of aliphatic hydroxyl groups is 1. The molecule has 3 rings (SSSR count). The third kappa shape index (κ3) is 5.26. The summed E-state index contributed by atoms with van der Waals surface area (Å²) in [5, 5.41) is 21.0. The normalized spacial score (nSPS) is 9.62. The standard InChI is InChI=1S/C9H8ClN3O.C6H4ClN3/c10-7-2-1-3-9(4-7)13-5-8(6-14)11-12-13;7-5-2-1-3-6(4-5)9-10-8/h1-5,14H,6H2;1-4H. The molecule has 1 heterocycles. The number of rotatable bonds is 3. The third-order valence-corrected chi connectivity index (χ3v) is 3.21. The van der Waals surface area contributed by atoms with Crippen LogP contribution >= 0.6 is 23.2 Å². The Morgan fingerprint density at radius 1 is 1.12 bits per heavy atom. The van der Waals surface area contributed by atoms with E-state index in [1.165, 1.54) is 0 Å². The number of aromatic nitrogens is 3.